The van der Waals surface area contributed by atoms with Crippen molar-refractivity contribution in [2.75, 3.05) is 6.61 Å². The molecule has 0 aromatic heterocycles. The molecule has 0 bridgehead atoms. The Morgan fingerprint density at radius 1 is 1.45 bits per heavy atom. The van der Waals surface area contributed by atoms with E-state index in [1.807, 2.05) is 0 Å². The molecular formula is C12H11F2NO5. The highest BCUT2D eigenvalue weighted by Crippen LogP contribution is 2.24. The Morgan fingerprint density at radius 3 is 2.50 bits per heavy atom. The molecule has 0 saturated heterocycles. The van der Waals surface area contributed by atoms with E-state index in [1.165, 1.54) is 13.8 Å². The third kappa shape index (κ3) is 3.14. The van der Waals surface area contributed by atoms with Gasteiger partial charge in [0, 0.05) is 11.1 Å². The number of benzene rings is 1. The molecule has 0 amide bonds. The number of nitrogens with zero attached hydrogens (tertiary/aromatic N) is 1. The summed E-state index contributed by atoms with van der Waals surface area (Å²) in [6.07, 6.45) is -2.59. The summed E-state index contributed by atoms with van der Waals surface area (Å²) in [7, 11) is 0. The lowest BCUT2D eigenvalue weighted by Crippen LogP contribution is -2.28. The van der Waals surface area contributed by atoms with Crippen LogP contribution in [-0.4, -0.2) is 29.5 Å². The molecule has 1 unspecified atom stereocenters. The van der Waals surface area contributed by atoms with Crippen LogP contribution in [0.15, 0.2) is 12.1 Å². The fourth-order valence-electron chi connectivity index (χ4n) is 1.58. The number of ketones is 1. The summed E-state index contributed by atoms with van der Waals surface area (Å²) < 4.78 is 31.3. The van der Waals surface area contributed by atoms with Gasteiger partial charge in [-0.2, -0.15) is 4.39 Å². The van der Waals surface area contributed by atoms with Gasteiger partial charge in [0.2, 0.25) is 11.6 Å². The van der Waals surface area contributed by atoms with E-state index in [1.54, 1.807) is 0 Å². The fourth-order valence-corrected chi connectivity index (χ4v) is 1.58. The molecule has 0 fully saturated rings. The summed E-state index contributed by atoms with van der Waals surface area (Å²) in [5.74, 6) is -3.95. The van der Waals surface area contributed by atoms with Crippen LogP contribution in [0.4, 0.5) is 14.5 Å². The highest BCUT2D eigenvalue weighted by atomic mass is 19.1. The number of hydrogen-bond donors (Lipinski definition) is 0. The number of carbonyl (C=O) groups excluding carboxylic acids is 2. The zero-order valence-electron chi connectivity index (χ0n) is 10.7. The first kappa shape index (κ1) is 15.7. The van der Waals surface area contributed by atoms with Crippen LogP contribution in [0, 0.1) is 22.9 Å². The minimum Gasteiger partial charge on any atom is -0.463 e. The average molecular weight is 287 g/mol. The minimum absolute atomic E-state index is 0.111. The van der Waals surface area contributed by atoms with Crippen molar-refractivity contribution in [3.63, 3.8) is 0 Å². The number of ether oxygens (including phenoxy) is 1. The lowest BCUT2D eigenvalue weighted by molar-refractivity contribution is -0.388. The van der Waals surface area contributed by atoms with Gasteiger partial charge >= 0.3 is 11.7 Å². The van der Waals surface area contributed by atoms with Gasteiger partial charge in [-0.25, -0.2) is 9.18 Å². The van der Waals surface area contributed by atoms with Crippen LogP contribution in [0.25, 0.3) is 0 Å². The molecule has 0 aliphatic rings. The van der Waals surface area contributed by atoms with E-state index in [-0.39, 0.29) is 12.2 Å². The number of carbonyl (C=O) groups is 2. The molecule has 0 heterocycles. The number of nitro groups is 1. The maximum Gasteiger partial charge on any atom is 0.348 e. The Bertz CT molecular complexity index is 550. The lowest BCUT2D eigenvalue weighted by atomic mass is 10.0. The molecule has 1 atom stereocenters. The molecule has 0 aliphatic carbocycles. The van der Waals surface area contributed by atoms with Crippen molar-refractivity contribution in [1.82, 2.24) is 0 Å². The van der Waals surface area contributed by atoms with Crippen molar-refractivity contribution in [3.8, 4) is 0 Å². The Hall–Kier alpha value is -2.38. The maximum atomic E-state index is 13.5. The molecule has 20 heavy (non-hydrogen) atoms. The zero-order valence-corrected chi connectivity index (χ0v) is 10.7. The Morgan fingerprint density at radius 2 is 2.05 bits per heavy atom. The van der Waals surface area contributed by atoms with Gasteiger partial charge < -0.3 is 4.74 Å². The molecule has 0 spiro atoms. The number of rotatable bonds is 5. The molecule has 0 saturated carbocycles. The topological polar surface area (TPSA) is 86.5 Å². The van der Waals surface area contributed by atoms with E-state index in [2.05, 4.69) is 4.74 Å². The summed E-state index contributed by atoms with van der Waals surface area (Å²) in [5.41, 5.74) is -1.41. The molecule has 0 N–H and O–H groups in total. The van der Waals surface area contributed by atoms with Crippen molar-refractivity contribution >= 4 is 17.4 Å². The predicted octanol–water partition coefficient (Wildman–Crippen LogP) is 2.13. The Balaban J connectivity index is 3.12. The maximum absolute atomic E-state index is 13.5. The van der Waals surface area contributed by atoms with Crippen LogP contribution >= 0.6 is 0 Å². The summed E-state index contributed by atoms with van der Waals surface area (Å²) in [4.78, 5) is 32.4. The third-order valence-electron chi connectivity index (χ3n) is 2.44. The van der Waals surface area contributed by atoms with Crippen LogP contribution in [-0.2, 0) is 9.53 Å². The fraction of sp³-hybridized carbons (Fsp3) is 0.333. The van der Waals surface area contributed by atoms with E-state index in [4.69, 9.17) is 0 Å². The minimum atomic E-state index is -2.59. The molecular weight excluding hydrogens is 276 g/mol. The Kier molecular flexibility index (Phi) is 4.84. The first-order chi connectivity index (χ1) is 9.29. The molecule has 108 valence electrons. The van der Waals surface area contributed by atoms with Crippen LogP contribution in [0.1, 0.15) is 22.8 Å². The van der Waals surface area contributed by atoms with Gasteiger partial charge in [0.05, 0.1) is 11.5 Å². The monoisotopic (exact) mass is 287 g/mol. The van der Waals surface area contributed by atoms with Crippen molar-refractivity contribution in [2.24, 2.45) is 0 Å². The predicted molar refractivity (Wildman–Crippen MR) is 63.7 cm³/mol. The quantitative estimate of drug-likeness (QED) is 0.272. The summed E-state index contributed by atoms with van der Waals surface area (Å²) in [6, 6.07) is 1.48. The zero-order chi connectivity index (χ0) is 15.4. The Labute approximate surface area is 112 Å². The number of aryl methyl sites for hydroxylation is 1. The summed E-state index contributed by atoms with van der Waals surface area (Å²) >= 11 is 0. The van der Waals surface area contributed by atoms with Crippen LogP contribution in [0.2, 0.25) is 0 Å². The number of nitro benzene ring substituents is 1. The van der Waals surface area contributed by atoms with E-state index in [0.29, 0.717) is 6.07 Å². The van der Waals surface area contributed by atoms with E-state index >= 15 is 0 Å². The van der Waals surface area contributed by atoms with Gasteiger partial charge in [0.15, 0.2) is 0 Å². The largest absolute Gasteiger partial charge is 0.463 e. The molecule has 0 aliphatic heterocycles. The van der Waals surface area contributed by atoms with E-state index < -0.39 is 39.9 Å². The molecule has 6 nitrogen and oxygen atoms in total. The molecule has 1 aromatic rings. The van der Waals surface area contributed by atoms with Crippen LogP contribution in [0.5, 0.6) is 0 Å². The number of halogens is 2. The smallest absolute Gasteiger partial charge is 0.348 e. The second-order valence-corrected chi connectivity index (χ2v) is 3.86. The summed E-state index contributed by atoms with van der Waals surface area (Å²) in [5, 5.41) is 10.6. The normalized spacial score (nSPS) is 11.8. The molecule has 0 radical (unpaired) electrons. The number of Topliss-reactive ketones (excluding diaryl/α,β-unsaturated/α-hetero) is 1. The highest BCUT2D eigenvalue weighted by Gasteiger charge is 2.30. The van der Waals surface area contributed by atoms with Crippen LogP contribution < -0.4 is 0 Å². The highest BCUT2D eigenvalue weighted by molar-refractivity contribution is 6.11. The second-order valence-electron chi connectivity index (χ2n) is 3.86. The number of esters is 1. The standard InChI is InChI=1S/C12H11F2NO5/c1-3-20-12(17)9(14)11(16)7-4-6(2)10(15(18)19)8(13)5-7/h4-5,9H,3H2,1-2H3. The first-order valence-corrected chi connectivity index (χ1v) is 5.59. The van der Waals surface area contributed by atoms with Crippen LogP contribution in [0.3, 0.4) is 0 Å². The summed E-state index contributed by atoms with van der Waals surface area (Å²) in [6.45, 7) is 2.53. The van der Waals surface area contributed by atoms with E-state index in [0.717, 1.165) is 6.07 Å². The number of hydrogen-bond acceptors (Lipinski definition) is 5. The average Bonchev–Trinajstić information content (AvgIpc) is 2.35. The van der Waals surface area contributed by atoms with Gasteiger partial charge in [-0.1, -0.05) is 0 Å². The molecule has 1 rings (SSSR count). The van der Waals surface area contributed by atoms with Gasteiger partial charge in [0.25, 0.3) is 6.17 Å². The van der Waals surface area contributed by atoms with Gasteiger partial charge in [0.1, 0.15) is 0 Å². The second kappa shape index (κ2) is 6.18. The van der Waals surface area contributed by atoms with Gasteiger partial charge in [-0.05, 0) is 26.0 Å². The third-order valence-corrected chi connectivity index (χ3v) is 2.44. The molecule has 8 heteroatoms. The number of alkyl halides is 1. The van der Waals surface area contributed by atoms with Gasteiger partial charge in [-0.15, -0.1) is 0 Å². The molecule has 1 aromatic carbocycles. The van der Waals surface area contributed by atoms with Crippen molar-refractivity contribution < 1.29 is 28.0 Å². The SMILES string of the molecule is CCOC(=O)C(F)C(=O)c1cc(C)c([N+](=O)[O-])c(F)c1. The van der Waals surface area contributed by atoms with Crippen molar-refractivity contribution in [3.05, 3.63) is 39.2 Å². The van der Waals surface area contributed by atoms with E-state index in [9.17, 15) is 28.5 Å². The van der Waals surface area contributed by atoms with Gasteiger partial charge in [-0.3, -0.25) is 14.9 Å². The van der Waals surface area contributed by atoms with Crippen molar-refractivity contribution in [2.45, 2.75) is 20.0 Å². The first-order valence-electron chi connectivity index (χ1n) is 5.59. The lowest BCUT2D eigenvalue weighted by Gasteiger charge is -2.08. The van der Waals surface area contributed by atoms with Crippen molar-refractivity contribution in [1.29, 1.82) is 0 Å².